The van der Waals surface area contributed by atoms with E-state index in [1.54, 1.807) is 0 Å². The Morgan fingerprint density at radius 2 is 1.87 bits per heavy atom. The fourth-order valence-corrected chi connectivity index (χ4v) is 2.04. The van der Waals surface area contributed by atoms with E-state index >= 15 is 0 Å². The third-order valence-electron chi connectivity index (χ3n) is 3.81. The largest absolute Gasteiger partial charge is 0.465 e. The summed E-state index contributed by atoms with van der Waals surface area (Å²) in [5.41, 5.74) is -0.518. The summed E-state index contributed by atoms with van der Waals surface area (Å²) in [4.78, 5) is 0. The number of hydrogen-bond donors (Lipinski definition) is 0. The van der Waals surface area contributed by atoms with Gasteiger partial charge in [0, 0.05) is 5.82 Å². The molecular formula is C12H21BO2. The van der Waals surface area contributed by atoms with E-state index in [9.17, 15) is 0 Å². The van der Waals surface area contributed by atoms with Crippen molar-refractivity contribution in [3.05, 3.63) is 12.1 Å². The Kier molecular flexibility index (Phi) is 2.40. The minimum Gasteiger partial charge on any atom is -0.403 e. The van der Waals surface area contributed by atoms with E-state index in [1.165, 1.54) is 0 Å². The summed E-state index contributed by atoms with van der Waals surface area (Å²) in [5, 5.41) is 0. The van der Waals surface area contributed by atoms with Crippen LogP contribution in [0.3, 0.4) is 0 Å². The normalized spacial score (nSPS) is 34.9. The summed E-state index contributed by atoms with van der Waals surface area (Å²) >= 11 is 0. The van der Waals surface area contributed by atoms with Gasteiger partial charge in [-0.1, -0.05) is 12.1 Å². The third kappa shape index (κ3) is 2.00. The highest BCUT2D eigenvalue weighted by molar-refractivity contribution is 6.48. The molecule has 2 aliphatic rings. The Hall–Kier alpha value is -0.275. The SMILES string of the molecule is [2H]C1=CC(B2OC(C)(C)C(C)(C)O2)CCC1. The molecule has 0 amide bonds. The highest BCUT2D eigenvalue weighted by atomic mass is 16.7. The molecule has 0 aromatic heterocycles. The standard InChI is InChI=1S/C12H21BO2/c1-11(2)12(3,4)15-13(14-11)10-8-6-5-7-9-10/h6,8,10H,5,7,9H2,1-4H3/i6D. The molecule has 0 aromatic rings. The van der Waals surface area contributed by atoms with Gasteiger partial charge in [-0.05, 0) is 47.0 Å². The van der Waals surface area contributed by atoms with E-state index in [0.717, 1.165) is 25.3 Å². The van der Waals surface area contributed by atoms with Crippen molar-refractivity contribution in [1.82, 2.24) is 0 Å². The van der Waals surface area contributed by atoms with Crippen LogP contribution >= 0.6 is 0 Å². The van der Waals surface area contributed by atoms with Gasteiger partial charge in [0.05, 0.1) is 12.6 Å². The fraction of sp³-hybridized carbons (Fsp3) is 0.833. The van der Waals surface area contributed by atoms with Gasteiger partial charge in [0.15, 0.2) is 0 Å². The van der Waals surface area contributed by atoms with E-state index in [4.69, 9.17) is 10.7 Å². The third-order valence-corrected chi connectivity index (χ3v) is 3.81. The van der Waals surface area contributed by atoms with Crippen molar-refractivity contribution < 1.29 is 10.7 Å². The van der Waals surface area contributed by atoms with Crippen molar-refractivity contribution in [2.24, 2.45) is 0 Å². The van der Waals surface area contributed by atoms with Crippen LogP contribution in [0.25, 0.3) is 0 Å². The van der Waals surface area contributed by atoms with Gasteiger partial charge in [0.2, 0.25) is 0 Å². The van der Waals surface area contributed by atoms with E-state index in [0.29, 0.717) is 0 Å². The molecule has 1 heterocycles. The summed E-state index contributed by atoms with van der Waals surface area (Å²) in [7, 11) is -0.175. The lowest BCUT2D eigenvalue weighted by molar-refractivity contribution is 0.00578. The van der Waals surface area contributed by atoms with Gasteiger partial charge in [-0.2, -0.15) is 0 Å². The van der Waals surface area contributed by atoms with E-state index in [1.807, 2.05) is 6.08 Å². The summed E-state index contributed by atoms with van der Waals surface area (Å²) in [5.74, 6) is 0.252. The molecule has 1 atom stereocenters. The maximum atomic E-state index is 7.71. The molecule has 1 aliphatic heterocycles. The summed E-state index contributed by atoms with van der Waals surface area (Å²) in [6.45, 7) is 8.28. The minimum atomic E-state index is -0.259. The molecule has 1 saturated heterocycles. The summed E-state index contributed by atoms with van der Waals surface area (Å²) in [6.07, 6.45) is 5.05. The quantitative estimate of drug-likeness (QED) is 0.487. The topological polar surface area (TPSA) is 18.5 Å². The molecule has 15 heavy (non-hydrogen) atoms. The molecule has 2 rings (SSSR count). The molecule has 0 spiro atoms. The van der Waals surface area contributed by atoms with Gasteiger partial charge in [-0.15, -0.1) is 0 Å². The smallest absolute Gasteiger partial charge is 0.403 e. The average Bonchev–Trinajstić information content (AvgIpc) is 2.36. The molecule has 2 nitrogen and oxygen atoms in total. The van der Waals surface area contributed by atoms with Gasteiger partial charge < -0.3 is 9.31 Å². The van der Waals surface area contributed by atoms with Crippen molar-refractivity contribution >= 4 is 7.12 Å². The van der Waals surface area contributed by atoms with Crippen molar-refractivity contribution in [1.29, 1.82) is 0 Å². The molecule has 0 aromatic carbocycles. The van der Waals surface area contributed by atoms with E-state index < -0.39 is 0 Å². The average molecular weight is 209 g/mol. The Balaban J connectivity index is 2.11. The van der Waals surface area contributed by atoms with Crippen molar-refractivity contribution in [3.8, 4) is 0 Å². The first-order valence-corrected chi connectivity index (χ1v) is 5.85. The molecule has 0 saturated carbocycles. The predicted molar refractivity (Wildman–Crippen MR) is 62.8 cm³/mol. The second-order valence-corrected chi connectivity index (χ2v) is 5.55. The monoisotopic (exact) mass is 209 g/mol. The van der Waals surface area contributed by atoms with Crippen molar-refractivity contribution in [2.75, 3.05) is 0 Å². The molecular weight excluding hydrogens is 187 g/mol. The van der Waals surface area contributed by atoms with Gasteiger partial charge >= 0.3 is 7.12 Å². The molecule has 0 radical (unpaired) electrons. The molecule has 0 N–H and O–H groups in total. The van der Waals surface area contributed by atoms with Crippen LogP contribution in [0, 0.1) is 0 Å². The molecule has 0 bridgehead atoms. The lowest BCUT2D eigenvalue weighted by Crippen LogP contribution is -2.41. The lowest BCUT2D eigenvalue weighted by Gasteiger charge is -2.32. The van der Waals surface area contributed by atoms with Crippen molar-refractivity contribution in [2.45, 2.75) is 64.0 Å². The molecule has 84 valence electrons. The van der Waals surface area contributed by atoms with Crippen LogP contribution in [0.5, 0.6) is 0 Å². The van der Waals surface area contributed by atoms with Crippen LogP contribution in [0.4, 0.5) is 0 Å². The van der Waals surface area contributed by atoms with Crippen LogP contribution < -0.4 is 0 Å². The van der Waals surface area contributed by atoms with Crippen LogP contribution in [0.2, 0.25) is 5.82 Å². The Morgan fingerprint density at radius 1 is 1.27 bits per heavy atom. The first-order valence-electron chi connectivity index (χ1n) is 6.35. The minimum absolute atomic E-state index is 0.175. The maximum absolute atomic E-state index is 7.71. The van der Waals surface area contributed by atoms with E-state index in [-0.39, 0.29) is 24.1 Å². The summed E-state index contributed by atoms with van der Waals surface area (Å²) < 4.78 is 19.7. The van der Waals surface area contributed by atoms with Crippen LogP contribution in [-0.2, 0) is 9.31 Å². The zero-order valence-corrected chi connectivity index (χ0v) is 10.2. The second-order valence-electron chi connectivity index (χ2n) is 5.55. The number of rotatable bonds is 1. The second kappa shape index (κ2) is 3.64. The van der Waals surface area contributed by atoms with Gasteiger partial charge in [0.25, 0.3) is 0 Å². The van der Waals surface area contributed by atoms with Gasteiger partial charge in [-0.25, -0.2) is 0 Å². The van der Waals surface area contributed by atoms with E-state index in [2.05, 4.69) is 27.7 Å². The zero-order valence-electron chi connectivity index (χ0n) is 11.2. The molecule has 1 unspecified atom stereocenters. The first-order chi connectivity index (χ1) is 7.32. The summed E-state index contributed by atoms with van der Waals surface area (Å²) in [6, 6.07) is 0.728. The predicted octanol–water partition coefficient (Wildman–Crippen LogP) is 3.19. The highest BCUT2D eigenvalue weighted by Gasteiger charge is 2.53. The molecule has 1 fully saturated rings. The van der Waals surface area contributed by atoms with Crippen LogP contribution in [0.1, 0.15) is 48.3 Å². The highest BCUT2D eigenvalue weighted by Crippen LogP contribution is 2.42. The Bertz CT molecular complexity index is 296. The number of hydrogen-bond acceptors (Lipinski definition) is 2. The van der Waals surface area contributed by atoms with Gasteiger partial charge in [0.1, 0.15) is 0 Å². The number of allylic oxidation sites excluding steroid dienone is 2. The lowest BCUT2D eigenvalue weighted by atomic mass is 9.67. The Labute approximate surface area is 94.6 Å². The molecule has 3 heteroatoms. The van der Waals surface area contributed by atoms with Crippen LogP contribution in [0.15, 0.2) is 12.1 Å². The van der Waals surface area contributed by atoms with Crippen LogP contribution in [-0.4, -0.2) is 18.3 Å². The Morgan fingerprint density at radius 3 is 2.40 bits per heavy atom. The molecule has 1 aliphatic carbocycles. The fourth-order valence-electron chi connectivity index (χ4n) is 2.04. The van der Waals surface area contributed by atoms with Gasteiger partial charge in [-0.3, -0.25) is 0 Å². The van der Waals surface area contributed by atoms with Crippen molar-refractivity contribution in [3.63, 3.8) is 0 Å². The zero-order chi connectivity index (χ0) is 12.0. The maximum Gasteiger partial charge on any atom is 0.465 e. The first kappa shape index (κ1) is 9.92.